The van der Waals surface area contributed by atoms with E-state index in [1.54, 1.807) is 58.3 Å². The zero-order valence-electron chi connectivity index (χ0n) is 23.0. The number of benzene rings is 1. The Labute approximate surface area is 234 Å². The summed E-state index contributed by atoms with van der Waals surface area (Å²) >= 11 is 6.03. The molecule has 3 heterocycles. The van der Waals surface area contributed by atoms with E-state index in [9.17, 15) is 4.79 Å². The molecule has 1 aliphatic rings. The molecule has 4 atom stereocenters. The standard InChI is InChI=1S/C26H35ClN5O6P/c1-7-34-23-21-22(28-14-29-23)32(15-30-21)24-17(4)12-20(37-24)13-35-39(38-19-10-8-18(27)9-11-19)31-26(5,6)25(33)36-16(2)3/h8-11,14-17,20,24,31H,7,12-13H2,1-6H3. The Kier molecular flexibility index (Phi) is 9.61. The van der Waals surface area contributed by atoms with Gasteiger partial charge in [-0.2, -0.15) is 4.98 Å². The van der Waals surface area contributed by atoms with Crippen LogP contribution in [0.15, 0.2) is 36.9 Å². The Balaban J connectivity index is 1.45. The Morgan fingerprint density at radius 1 is 1.26 bits per heavy atom. The minimum absolute atomic E-state index is 0.162. The Morgan fingerprint density at radius 3 is 2.69 bits per heavy atom. The summed E-state index contributed by atoms with van der Waals surface area (Å²) in [6, 6.07) is 6.94. The Bertz CT molecular complexity index is 1260. The van der Waals surface area contributed by atoms with Crippen molar-refractivity contribution in [1.29, 1.82) is 0 Å². The molecule has 212 valence electrons. The number of hydrogen-bond acceptors (Lipinski definition) is 10. The lowest BCUT2D eigenvalue weighted by atomic mass is 10.1. The molecule has 4 unspecified atom stereocenters. The second-order valence-electron chi connectivity index (χ2n) is 10.1. The SMILES string of the molecule is CCOc1ncnc2c1ncn2C1OC(COP(NC(C)(C)C(=O)OC(C)C)Oc2ccc(Cl)cc2)CC1C. The average Bonchev–Trinajstić information content (AvgIpc) is 3.47. The van der Waals surface area contributed by atoms with E-state index in [-0.39, 0.29) is 31.0 Å². The quantitative estimate of drug-likeness (QED) is 0.219. The van der Waals surface area contributed by atoms with Gasteiger partial charge in [0.25, 0.3) is 0 Å². The second kappa shape index (κ2) is 12.7. The first-order valence-corrected chi connectivity index (χ1v) is 14.4. The number of nitrogens with one attached hydrogen (secondary N) is 1. The number of esters is 1. The van der Waals surface area contributed by atoms with E-state index in [4.69, 9.17) is 34.9 Å². The molecular formula is C26H35ClN5O6P. The third-order valence-electron chi connectivity index (χ3n) is 5.94. The molecule has 4 rings (SSSR count). The van der Waals surface area contributed by atoms with Crippen molar-refractivity contribution in [2.24, 2.45) is 5.92 Å². The molecule has 11 nitrogen and oxygen atoms in total. The van der Waals surface area contributed by atoms with Gasteiger partial charge in [-0.3, -0.25) is 9.36 Å². The second-order valence-corrected chi connectivity index (χ2v) is 11.7. The molecule has 3 aromatic rings. The maximum atomic E-state index is 12.7. The summed E-state index contributed by atoms with van der Waals surface area (Å²) in [6.45, 7) is 11.8. The van der Waals surface area contributed by atoms with E-state index in [1.165, 1.54) is 6.33 Å². The first-order valence-electron chi connectivity index (χ1n) is 12.9. The number of carbonyl (C=O) groups excluding carboxylic acids is 1. The van der Waals surface area contributed by atoms with Crippen molar-refractivity contribution in [1.82, 2.24) is 24.6 Å². The normalized spacial score (nSPS) is 20.4. The monoisotopic (exact) mass is 579 g/mol. The smallest absolute Gasteiger partial charge is 0.326 e. The fraction of sp³-hybridized carbons (Fsp3) is 0.538. The van der Waals surface area contributed by atoms with Crippen LogP contribution in [0.2, 0.25) is 5.02 Å². The van der Waals surface area contributed by atoms with Crippen LogP contribution in [-0.4, -0.2) is 56.4 Å². The molecule has 0 radical (unpaired) electrons. The van der Waals surface area contributed by atoms with Crippen molar-refractivity contribution in [3.63, 3.8) is 0 Å². The van der Waals surface area contributed by atoms with Crippen molar-refractivity contribution in [3.8, 4) is 11.6 Å². The number of ether oxygens (including phenoxy) is 3. The minimum atomic E-state index is -1.75. The van der Waals surface area contributed by atoms with Crippen molar-refractivity contribution < 1.29 is 28.1 Å². The predicted octanol–water partition coefficient (Wildman–Crippen LogP) is 5.44. The number of nitrogens with zero attached hydrogens (tertiary/aromatic N) is 4. The number of halogens is 1. The zero-order valence-corrected chi connectivity index (χ0v) is 24.6. The summed E-state index contributed by atoms with van der Waals surface area (Å²) in [5, 5.41) is 3.78. The molecule has 2 aromatic heterocycles. The zero-order chi connectivity index (χ0) is 28.2. The van der Waals surface area contributed by atoms with E-state index < -0.39 is 20.0 Å². The minimum Gasteiger partial charge on any atom is -0.476 e. The molecule has 1 saturated heterocycles. The van der Waals surface area contributed by atoms with Crippen LogP contribution in [0.4, 0.5) is 0 Å². The number of imidazole rings is 1. The molecule has 39 heavy (non-hydrogen) atoms. The Morgan fingerprint density at radius 2 is 2.00 bits per heavy atom. The lowest BCUT2D eigenvalue weighted by Gasteiger charge is -2.29. The van der Waals surface area contributed by atoms with Crippen LogP contribution in [0.1, 0.15) is 54.2 Å². The molecule has 1 fully saturated rings. The summed E-state index contributed by atoms with van der Waals surface area (Å²) in [6.07, 6.45) is 3.15. The van der Waals surface area contributed by atoms with Crippen LogP contribution in [0.25, 0.3) is 11.2 Å². The van der Waals surface area contributed by atoms with Crippen molar-refractivity contribution in [3.05, 3.63) is 41.9 Å². The first-order chi connectivity index (χ1) is 18.6. The summed E-state index contributed by atoms with van der Waals surface area (Å²) in [5.74, 6) is 0.760. The van der Waals surface area contributed by atoms with Crippen LogP contribution in [-0.2, 0) is 18.8 Å². The van der Waals surface area contributed by atoms with Gasteiger partial charge in [0.05, 0.1) is 31.7 Å². The summed E-state index contributed by atoms with van der Waals surface area (Å²) in [7, 11) is -1.75. The lowest BCUT2D eigenvalue weighted by Crippen LogP contribution is -2.46. The molecule has 0 bridgehead atoms. The summed E-state index contributed by atoms with van der Waals surface area (Å²) in [4.78, 5) is 25.8. The van der Waals surface area contributed by atoms with Gasteiger partial charge in [0.1, 0.15) is 23.8 Å². The van der Waals surface area contributed by atoms with Crippen molar-refractivity contribution in [2.45, 2.75) is 71.9 Å². The number of aromatic nitrogens is 4. The van der Waals surface area contributed by atoms with Gasteiger partial charge in [0, 0.05) is 10.9 Å². The molecular weight excluding hydrogens is 545 g/mol. The molecule has 1 aromatic carbocycles. The molecule has 1 N–H and O–H groups in total. The van der Waals surface area contributed by atoms with Crippen LogP contribution >= 0.6 is 20.1 Å². The first kappa shape index (κ1) is 29.4. The maximum absolute atomic E-state index is 12.7. The Hall–Kier alpha value is -2.56. The molecule has 0 aliphatic carbocycles. The van der Waals surface area contributed by atoms with E-state index in [0.29, 0.717) is 34.4 Å². The molecule has 0 saturated carbocycles. The molecule has 0 amide bonds. The van der Waals surface area contributed by atoms with Crippen LogP contribution < -0.4 is 14.3 Å². The number of fused-ring (bicyclic) bond motifs is 1. The van der Waals surface area contributed by atoms with E-state index >= 15 is 0 Å². The van der Waals surface area contributed by atoms with E-state index in [2.05, 4.69) is 27.0 Å². The average molecular weight is 580 g/mol. The van der Waals surface area contributed by atoms with Crippen molar-refractivity contribution in [2.75, 3.05) is 13.2 Å². The van der Waals surface area contributed by atoms with Gasteiger partial charge in [0.15, 0.2) is 11.2 Å². The van der Waals surface area contributed by atoms with Gasteiger partial charge in [-0.1, -0.05) is 18.5 Å². The highest BCUT2D eigenvalue weighted by Gasteiger charge is 2.38. The third-order valence-corrected chi connectivity index (χ3v) is 7.69. The summed E-state index contributed by atoms with van der Waals surface area (Å²) < 4.78 is 31.6. The molecule has 13 heteroatoms. The topological polar surface area (TPSA) is 119 Å². The fourth-order valence-corrected chi connectivity index (χ4v) is 5.53. The highest BCUT2D eigenvalue weighted by Crippen LogP contribution is 2.42. The van der Waals surface area contributed by atoms with Crippen LogP contribution in [0.3, 0.4) is 0 Å². The predicted molar refractivity (Wildman–Crippen MR) is 148 cm³/mol. The lowest BCUT2D eigenvalue weighted by molar-refractivity contribution is -0.153. The summed E-state index contributed by atoms with van der Waals surface area (Å²) in [5.41, 5.74) is 0.185. The molecule has 0 spiro atoms. The van der Waals surface area contributed by atoms with Gasteiger partial charge in [-0.15, -0.1) is 0 Å². The van der Waals surface area contributed by atoms with Gasteiger partial charge >= 0.3 is 14.5 Å². The van der Waals surface area contributed by atoms with Crippen molar-refractivity contribution >= 4 is 37.3 Å². The fourth-order valence-electron chi connectivity index (χ4n) is 4.08. The maximum Gasteiger partial charge on any atom is 0.326 e. The largest absolute Gasteiger partial charge is 0.476 e. The van der Waals surface area contributed by atoms with Crippen LogP contribution in [0, 0.1) is 5.92 Å². The van der Waals surface area contributed by atoms with Gasteiger partial charge in [-0.05, 0) is 65.3 Å². The van der Waals surface area contributed by atoms with Gasteiger partial charge in [-0.25, -0.2) is 15.1 Å². The number of hydrogen-bond donors (Lipinski definition) is 1. The van der Waals surface area contributed by atoms with E-state index in [0.717, 1.165) is 6.42 Å². The molecule has 1 aliphatic heterocycles. The highest BCUT2D eigenvalue weighted by atomic mass is 35.5. The number of carbonyl (C=O) groups is 1. The highest BCUT2D eigenvalue weighted by molar-refractivity contribution is 7.45. The van der Waals surface area contributed by atoms with Gasteiger partial charge < -0.3 is 23.3 Å². The van der Waals surface area contributed by atoms with Crippen LogP contribution in [0.5, 0.6) is 11.6 Å². The third kappa shape index (κ3) is 7.35. The van der Waals surface area contributed by atoms with Gasteiger partial charge in [0.2, 0.25) is 5.88 Å². The number of rotatable bonds is 12. The van der Waals surface area contributed by atoms with E-state index in [1.807, 2.05) is 11.5 Å².